The maximum absolute atomic E-state index is 5.69. The second kappa shape index (κ2) is 4.45. The SMILES string of the molecule is ClC1CSSC1Cl.S. The minimum Gasteiger partial charge on any atom is -0.197 e. The van der Waals surface area contributed by atoms with Crippen LogP contribution in [0.15, 0.2) is 0 Å². The molecule has 0 N–H and O–H groups in total. The van der Waals surface area contributed by atoms with Crippen LogP contribution in [0.25, 0.3) is 0 Å². The van der Waals surface area contributed by atoms with E-state index in [2.05, 4.69) is 0 Å². The van der Waals surface area contributed by atoms with Crippen molar-refractivity contribution in [2.75, 3.05) is 5.75 Å². The summed E-state index contributed by atoms with van der Waals surface area (Å²) in [7, 11) is 3.40. The Bertz CT molecular complexity index is 61.5. The molecule has 0 spiro atoms. The molecule has 0 aromatic carbocycles. The molecule has 0 amide bonds. The minimum atomic E-state index is 0. The molecular formula is C3H6Cl2S3. The number of hydrogen-bond acceptors (Lipinski definition) is 2. The van der Waals surface area contributed by atoms with Gasteiger partial charge in [-0.3, -0.25) is 0 Å². The Morgan fingerprint density at radius 3 is 2.12 bits per heavy atom. The Labute approximate surface area is 73.9 Å². The van der Waals surface area contributed by atoms with Gasteiger partial charge in [-0.25, -0.2) is 0 Å². The fourth-order valence-electron chi connectivity index (χ4n) is 0.305. The largest absolute Gasteiger partial charge is 0.197 e. The molecule has 1 aliphatic heterocycles. The molecule has 0 aromatic heterocycles. The van der Waals surface area contributed by atoms with Crippen LogP contribution < -0.4 is 0 Å². The Morgan fingerprint density at radius 2 is 2.00 bits per heavy atom. The summed E-state index contributed by atoms with van der Waals surface area (Å²) in [5, 5.41) is 0.177. The van der Waals surface area contributed by atoms with Gasteiger partial charge in [-0.05, 0) is 0 Å². The van der Waals surface area contributed by atoms with Gasteiger partial charge in [0.2, 0.25) is 0 Å². The molecule has 2 atom stereocenters. The molecule has 5 heteroatoms. The van der Waals surface area contributed by atoms with Crippen LogP contribution in [0.2, 0.25) is 0 Å². The van der Waals surface area contributed by atoms with Crippen LogP contribution in [0.3, 0.4) is 0 Å². The maximum Gasteiger partial charge on any atom is 0.106 e. The van der Waals surface area contributed by atoms with Crippen molar-refractivity contribution in [3.8, 4) is 0 Å². The highest BCUT2D eigenvalue weighted by Crippen LogP contribution is 2.42. The molecule has 0 nitrogen and oxygen atoms in total. The normalized spacial score (nSPS) is 36.8. The highest BCUT2D eigenvalue weighted by atomic mass is 35.5. The maximum atomic E-state index is 5.69. The molecule has 1 saturated heterocycles. The molecule has 0 aromatic rings. The summed E-state index contributed by atoms with van der Waals surface area (Å²) < 4.78 is 0.131. The molecule has 0 radical (unpaired) electrons. The van der Waals surface area contributed by atoms with Gasteiger partial charge in [0.25, 0.3) is 0 Å². The molecule has 0 saturated carbocycles. The Morgan fingerprint density at radius 1 is 1.38 bits per heavy atom. The van der Waals surface area contributed by atoms with Crippen molar-refractivity contribution in [1.82, 2.24) is 0 Å². The van der Waals surface area contributed by atoms with Gasteiger partial charge in [0.05, 0.1) is 5.38 Å². The van der Waals surface area contributed by atoms with E-state index in [0.717, 1.165) is 5.75 Å². The Hall–Kier alpha value is 1.63. The van der Waals surface area contributed by atoms with Crippen LogP contribution in [0.5, 0.6) is 0 Å². The number of hydrogen-bond donors (Lipinski definition) is 0. The lowest BCUT2D eigenvalue weighted by molar-refractivity contribution is 1.09. The van der Waals surface area contributed by atoms with Crippen LogP contribution in [0.4, 0.5) is 0 Å². The van der Waals surface area contributed by atoms with Gasteiger partial charge in [0, 0.05) is 5.75 Å². The fraction of sp³-hybridized carbons (Fsp3) is 1.00. The third kappa shape index (κ3) is 2.48. The lowest BCUT2D eigenvalue weighted by Crippen LogP contribution is -2.04. The Balaban J connectivity index is 0.000000490. The first kappa shape index (κ1) is 9.63. The highest BCUT2D eigenvalue weighted by Gasteiger charge is 2.23. The van der Waals surface area contributed by atoms with Crippen LogP contribution >= 0.6 is 58.3 Å². The molecule has 1 rings (SSSR count). The lowest BCUT2D eigenvalue weighted by Gasteiger charge is -1.97. The number of rotatable bonds is 0. The van der Waals surface area contributed by atoms with Crippen molar-refractivity contribution in [2.24, 2.45) is 0 Å². The fourth-order valence-corrected chi connectivity index (χ4v) is 4.05. The van der Waals surface area contributed by atoms with Gasteiger partial charge in [0.15, 0.2) is 0 Å². The van der Waals surface area contributed by atoms with E-state index in [4.69, 9.17) is 23.2 Å². The first-order valence-electron chi connectivity index (χ1n) is 1.87. The zero-order valence-electron chi connectivity index (χ0n) is 3.93. The average molecular weight is 209 g/mol. The molecule has 2 unspecified atom stereocenters. The first-order chi connectivity index (χ1) is 3.30. The molecule has 1 aliphatic rings. The van der Waals surface area contributed by atoms with E-state index in [-0.39, 0.29) is 23.6 Å². The van der Waals surface area contributed by atoms with Crippen molar-refractivity contribution < 1.29 is 0 Å². The topological polar surface area (TPSA) is 0 Å². The molecule has 0 bridgehead atoms. The van der Waals surface area contributed by atoms with Gasteiger partial charge < -0.3 is 0 Å². The summed E-state index contributed by atoms with van der Waals surface area (Å²) in [5.41, 5.74) is 0. The summed E-state index contributed by atoms with van der Waals surface area (Å²) in [5.74, 6) is 0.986. The molecule has 8 heavy (non-hydrogen) atoms. The van der Waals surface area contributed by atoms with Gasteiger partial charge in [-0.15, -0.1) is 23.2 Å². The molecule has 1 heterocycles. The van der Waals surface area contributed by atoms with Crippen molar-refractivity contribution in [3.05, 3.63) is 0 Å². The third-order valence-electron chi connectivity index (χ3n) is 0.672. The second-order valence-electron chi connectivity index (χ2n) is 1.25. The number of halogens is 2. The molecule has 50 valence electrons. The Kier molecular flexibility index (Phi) is 5.35. The average Bonchev–Trinajstić information content (AvgIpc) is 1.91. The van der Waals surface area contributed by atoms with E-state index >= 15 is 0 Å². The quantitative estimate of drug-likeness (QED) is 0.444. The zero-order valence-corrected chi connectivity index (χ0v) is 8.08. The monoisotopic (exact) mass is 208 g/mol. The first-order valence-corrected chi connectivity index (χ1v) is 5.12. The highest BCUT2D eigenvalue weighted by molar-refractivity contribution is 8.77. The lowest BCUT2D eigenvalue weighted by atomic mass is 10.5. The van der Waals surface area contributed by atoms with Crippen LogP contribution in [0, 0.1) is 0 Å². The van der Waals surface area contributed by atoms with Crippen molar-refractivity contribution in [3.63, 3.8) is 0 Å². The van der Waals surface area contributed by atoms with Crippen molar-refractivity contribution >= 4 is 58.3 Å². The predicted octanol–water partition coefficient (Wildman–Crippen LogP) is 2.67. The standard InChI is InChI=1S/C3H4Cl2S2.H2S/c4-2-1-6-7-3(2)5;/h2-3H,1H2;1H2. The van der Waals surface area contributed by atoms with Crippen LogP contribution in [-0.4, -0.2) is 15.8 Å². The summed E-state index contributed by atoms with van der Waals surface area (Å²) >= 11 is 11.4. The number of alkyl halides is 2. The van der Waals surface area contributed by atoms with E-state index < -0.39 is 0 Å². The third-order valence-corrected chi connectivity index (χ3v) is 5.01. The van der Waals surface area contributed by atoms with Gasteiger partial charge >= 0.3 is 0 Å². The summed E-state index contributed by atoms with van der Waals surface area (Å²) in [6.07, 6.45) is 0. The van der Waals surface area contributed by atoms with E-state index in [1.54, 1.807) is 21.6 Å². The van der Waals surface area contributed by atoms with Gasteiger partial charge in [-0.1, -0.05) is 21.6 Å². The minimum absolute atomic E-state index is 0. The van der Waals surface area contributed by atoms with E-state index in [9.17, 15) is 0 Å². The predicted molar refractivity (Wildman–Crippen MR) is 49.7 cm³/mol. The second-order valence-corrected chi connectivity index (χ2v) is 5.09. The van der Waals surface area contributed by atoms with Crippen molar-refractivity contribution in [1.29, 1.82) is 0 Å². The smallest absolute Gasteiger partial charge is 0.106 e. The van der Waals surface area contributed by atoms with E-state index in [1.807, 2.05) is 0 Å². The van der Waals surface area contributed by atoms with Gasteiger partial charge in [-0.2, -0.15) is 13.5 Å². The summed E-state index contributed by atoms with van der Waals surface area (Å²) in [4.78, 5) is 0. The molecular weight excluding hydrogens is 203 g/mol. The van der Waals surface area contributed by atoms with E-state index in [1.165, 1.54) is 0 Å². The zero-order chi connectivity index (χ0) is 5.28. The van der Waals surface area contributed by atoms with Crippen LogP contribution in [-0.2, 0) is 0 Å². The van der Waals surface area contributed by atoms with Crippen LogP contribution in [0.1, 0.15) is 0 Å². The summed E-state index contributed by atoms with van der Waals surface area (Å²) in [6, 6.07) is 0. The molecule has 0 aliphatic carbocycles. The van der Waals surface area contributed by atoms with Gasteiger partial charge in [0.1, 0.15) is 4.71 Å². The molecule has 1 fully saturated rings. The summed E-state index contributed by atoms with van der Waals surface area (Å²) in [6.45, 7) is 0. The van der Waals surface area contributed by atoms with Crippen molar-refractivity contribution in [2.45, 2.75) is 10.1 Å². The van der Waals surface area contributed by atoms with E-state index in [0.29, 0.717) is 0 Å².